The Hall–Kier alpha value is 0.610. The third kappa shape index (κ3) is 4.55. The molecule has 0 aromatic rings. The Morgan fingerprint density at radius 3 is 2.15 bits per heavy atom. The van der Waals surface area contributed by atoms with Crippen LogP contribution in [0.4, 0.5) is 0 Å². The summed E-state index contributed by atoms with van der Waals surface area (Å²) in [6.07, 6.45) is 2.27. The minimum atomic E-state index is -4.91. The van der Waals surface area contributed by atoms with Crippen molar-refractivity contribution in [2.45, 2.75) is 49.9 Å². The van der Waals surface area contributed by atoms with E-state index in [1.165, 1.54) is 4.90 Å². The van der Waals surface area contributed by atoms with Gasteiger partial charge in [-0.25, -0.2) is 0 Å². The minimum absolute atomic E-state index is 0.143. The van der Waals surface area contributed by atoms with Gasteiger partial charge in [0.1, 0.15) is 0 Å². The van der Waals surface area contributed by atoms with Gasteiger partial charge in [0.05, 0.1) is 0 Å². The second kappa shape index (κ2) is 7.25. The highest BCUT2D eigenvalue weighted by Crippen LogP contribution is 2.62. The maximum Gasteiger partial charge on any atom is 0.354 e. The van der Waals surface area contributed by atoms with Crippen molar-refractivity contribution in [2.75, 3.05) is 12.3 Å². The van der Waals surface area contributed by atoms with Crippen molar-refractivity contribution in [1.29, 1.82) is 0 Å². The van der Waals surface area contributed by atoms with Crippen LogP contribution in [0.25, 0.3) is 0 Å². The molecule has 120 valence electrons. The van der Waals surface area contributed by atoms with E-state index < -0.39 is 20.7 Å². The maximum atomic E-state index is 11.6. The summed E-state index contributed by atoms with van der Waals surface area (Å²) in [5.74, 6) is 0.620. The second-order valence-electron chi connectivity index (χ2n) is 4.94. The van der Waals surface area contributed by atoms with Gasteiger partial charge in [-0.15, -0.1) is 0 Å². The van der Waals surface area contributed by atoms with Crippen molar-refractivity contribution in [1.82, 2.24) is 4.90 Å². The molecule has 0 radical (unpaired) electrons. The van der Waals surface area contributed by atoms with Gasteiger partial charge in [-0.2, -0.15) is 11.8 Å². The van der Waals surface area contributed by atoms with Gasteiger partial charge in [0, 0.05) is 23.6 Å². The van der Waals surface area contributed by atoms with Crippen molar-refractivity contribution < 1.29 is 28.7 Å². The molecule has 4 N–H and O–H groups in total. The van der Waals surface area contributed by atoms with E-state index >= 15 is 0 Å². The van der Waals surface area contributed by atoms with E-state index in [-0.39, 0.29) is 17.8 Å². The summed E-state index contributed by atoms with van der Waals surface area (Å²) in [6, 6.07) is -0.214. The van der Waals surface area contributed by atoms with Gasteiger partial charge < -0.3 is 19.6 Å². The van der Waals surface area contributed by atoms with Gasteiger partial charge in [0.25, 0.3) is 0 Å². The van der Waals surface area contributed by atoms with Crippen LogP contribution < -0.4 is 0 Å². The maximum absolute atomic E-state index is 11.6. The quantitative estimate of drug-likeness (QED) is 0.535. The van der Waals surface area contributed by atoms with Crippen molar-refractivity contribution in [2.24, 2.45) is 0 Å². The molecule has 0 spiro atoms. The summed E-state index contributed by atoms with van der Waals surface area (Å²) in [5, 5.41) is 0.143. The molecule has 1 rings (SSSR count). The Kier molecular flexibility index (Phi) is 6.76. The minimum Gasteiger partial charge on any atom is -0.323 e. The van der Waals surface area contributed by atoms with Crippen LogP contribution in [-0.2, 0) is 9.13 Å². The molecule has 7 nitrogen and oxygen atoms in total. The van der Waals surface area contributed by atoms with E-state index in [2.05, 4.69) is 0 Å². The standard InChI is InChI=1S/C10H23NO6P2S/c1-3-5-8-9(4-2)20-7-6-11(8)10(18(12,13)14)19(15,16)17/h8-10H,3-7H2,1-2H3,(H2,12,13,14)(H2,15,16,17). The number of hydrogen-bond donors (Lipinski definition) is 4. The van der Waals surface area contributed by atoms with Crippen LogP contribution in [0, 0.1) is 0 Å². The Labute approximate surface area is 123 Å². The van der Waals surface area contributed by atoms with Gasteiger partial charge in [0.15, 0.2) is 0 Å². The van der Waals surface area contributed by atoms with E-state index in [4.69, 9.17) is 0 Å². The topological polar surface area (TPSA) is 118 Å². The summed E-state index contributed by atoms with van der Waals surface area (Å²) >= 11 is 1.71. The number of nitrogens with zero attached hydrogens (tertiary/aromatic N) is 1. The van der Waals surface area contributed by atoms with Crippen molar-refractivity contribution in [3.63, 3.8) is 0 Å². The van der Waals surface area contributed by atoms with Gasteiger partial charge in [-0.1, -0.05) is 20.3 Å². The summed E-state index contributed by atoms with van der Waals surface area (Å²) in [6.45, 7) is 4.22. The molecule has 0 bridgehead atoms. The Morgan fingerprint density at radius 1 is 1.20 bits per heavy atom. The summed E-state index contributed by atoms with van der Waals surface area (Å²) in [7, 11) is -9.82. The number of thioether (sulfide) groups is 1. The Balaban J connectivity index is 3.15. The van der Waals surface area contributed by atoms with Crippen LogP contribution in [0.2, 0.25) is 0 Å². The van der Waals surface area contributed by atoms with E-state index in [1.54, 1.807) is 11.8 Å². The molecule has 1 heterocycles. The summed E-state index contributed by atoms with van der Waals surface area (Å²) < 4.78 is 23.2. The zero-order valence-corrected chi connectivity index (χ0v) is 14.2. The fraction of sp³-hybridized carbons (Fsp3) is 1.00. The normalized spacial score (nSPS) is 26.1. The molecule has 0 aromatic heterocycles. The average molecular weight is 347 g/mol. The average Bonchev–Trinajstić information content (AvgIpc) is 2.27. The molecule has 0 amide bonds. The lowest BCUT2D eigenvalue weighted by molar-refractivity contribution is 0.161. The first kappa shape index (κ1) is 18.7. The van der Waals surface area contributed by atoms with Crippen molar-refractivity contribution >= 4 is 27.0 Å². The first-order chi connectivity index (χ1) is 9.12. The largest absolute Gasteiger partial charge is 0.354 e. The molecule has 10 heteroatoms. The Morgan fingerprint density at radius 2 is 1.75 bits per heavy atom. The van der Waals surface area contributed by atoms with Crippen molar-refractivity contribution in [3.05, 3.63) is 0 Å². The van der Waals surface area contributed by atoms with E-state index in [0.29, 0.717) is 12.2 Å². The third-order valence-corrected chi connectivity index (χ3v) is 8.52. The SMILES string of the molecule is CCCC1C(CC)SCCN1C(P(=O)(O)O)P(=O)(O)O. The fourth-order valence-corrected chi connectivity index (χ4v) is 6.99. The lowest BCUT2D eigenvalue weighted by atomic mass is 10.0. The van der Waals surface area contributed by atoms with Crippen LogP contribution in [0.5, 0.6) is 0 Å². The molecule has 1 saturated heterocycles. The second-order valence-corrected chi connectivity index (χ2v) is 10.0. The van der Waals surface area contributed by atoms with Crippen LogP contribution in [0.3, 0.4) is 0 Å². The lowest BCUT2D eigenvalue weighted by Crippen LogP contribution is -2.51. The van der Waals surface area contributed by atoms with Gasteiger partial charge in [-0.05, 0) is 12.8 Å². The van der Waals surface area contributed by atoms with Crippen LogP contribution in [0.15, 0.2) is 0 Å². The monoisotopic (exact) mass is 347 g/mol. The van der Waals surface area contributed by atoms with E-state index in [1.807, 2.05) is 13.8 Å². The highest BCUT2D eigenvalue weighted by atomic mass is 32.2. The molecular formula is C10H23NO6P2S. The molecule has 0 saturated carbocycles. The van der Waals surface area contributed by atoms with Crippen LogP contribution in [0.1, 0.15) is 33.1 Å². The zero-order chi connectivity index (χ0) is 15.6. The van der Waals surface area contributed by atoms with Crippen LogP contribution in [-0.4, -0.2) is 53.6 Å². The summed E-state index contributed by atoms with van der Waals surface area (Å²) in [5.41, 5.74) is -2.01. The molecular weight excluding hydrogens is 324 g/mol. The van der Waals surface area contributed by atoms with Crippen LogP contribution >= 0.6 is 27.0 Å². The predicted octanol–water partition coefficient (Wildman–Crippen LogP) is 1.62. The fourth-order valence-electron chi connectivity index (χ4n) is 2.71. The van der Waals surface area contributed by atoms with Crippen molar-refractivity contribution in [3.8, 4) is 0 Å². The van der Waals surface area contributed by atoms with E-state index in [0.717, 1.165) is 12.8 Å². The molecule has 0 aromatic carbocycles. The first-order valence-electron chi connectivity index (χ1n) is 6.60. The molecule has 1 aliphatic rings. The zero-order valence-electron chi connectivity index (χ0n) is 11.6. The highest BCUT2D eigenvalue weighted by Gasteiger charge is 2.51. The first-order valence-corrected chi connectivity index (χ1v) is 11.0. The van der Waals surface area contributed by atoms with Gasteiger partial charge in [0.2, 0.25) is 5.52 Å². The third-order valence-electron chi connectivity index (χ3n) is 3.42. The van der Waals surface area contributed by atoms with Gasteiger partial charge >= 0.3 is 15.2 Å². The van der Waals surface area contributed by atoms with E-state index in [9.17, 15) is 28.7 Å². The Bertz CT molecular complexity index is 389. The van der Waals surface area contributed by atoms with Gasteiger partial charge in [-0.3, -0.25) is 14.0 Å². The molecule has 2 atom stereocenters. The molecule has 0 aliphatic carbocycles. The molecule has 1 aliphatic heterocycles. The highest BCUT2D eigenvalue weighted by molar-refractivity contribution is 8.00. The molecule has 1 fully saturated rings. The lowest BCUT2D eigenvalue weighted by Gasteiger charge is -2.44. The smallest absolute Gasteiger partial charge is 0.323 e. The molecule has 2 unspecified atom stereocenters. The summed E-state index contributed by atoms with van der Waals surface area (Å²) in [4.78, 5) is 38.9. The number of rotatable bonds is 6. The molecule has 20 heavy (non-hydrogen) atoms. The predicted molar refractivity (Wildman–Crippen MR) is 79.8 cm³/mol. The number of hydrogen-bond acceptors (Lipinski definition) is 4.